The molecule has 8 heteroatoms. The van der Waals surface area contributed by atoms with Gasteiger partial charge in [0, 0.05) is 6.54 Å². The maximum atomic E-state index is 11.8. The third-order valence-electron chi connectivity index (χ3n) is 4.22. The first-order valence-electron chi connectivity index (χ1n) is 10.6. The van der Waals surface area contributed by atoms with Gasteiger partial charge in [-0.05, 0) is 58.3 Å². The van der Waals surface area contributed by atoms with Gasteiger partial charge in [0.1, 0.15) is 17.8 Å². The van der Waals surface area contributed by atoms with Crippen LogP contribution in [-0.4, -0.2) is 49.5 Å². The highest BCUT2D eigenvalue weighted by Crippen LogP contribution is 2.22. The topological polar surface area (TPSA) is 92.3 Å². The van der Waals surface area contributed by atoms with Crippen molar-refractivity contribution in [2.75, 3.05) is 13.2 Å². The molecule has 1 aromatic carbocycles. The van der Waals surface area contributed by atoms with Crippen molar-refractivity contribution < 1.29 is 33.3 Å². The van der Waals surface area contributed by atoms with Crippen molar-refractivity contribution in [2.24, 2.45) is 0 Å². The molecule has 172 valence electrons. The largest absolute Gasteiger partial charge is 0.508 e. The number of rotatable bonds is 9. The van der Waals surface area contributed by atoms with E-state index in [0.717, 1.165) is 5.56 Å². The molecule has 0 saturated carbocycles. The fourth-order valence-electron chi connectivity index (χ4n) is 2.89. The molecule has 1 aliphatic rings. The Hall–Kier alpha value is -2.58. The molecule has 2 rings (SSSR count). The number of nitrogens with one attached hydrogen (secondary N) is 1. The zero-order valence-corrected chi connectivity index (χ0v) is 18.7. The quantitative estimate of drug-likeness (QED) is 0.351. The Morgan fingerprint density at radius 1 is 1.13 bits per heavy atom. The van der Waals surface area contributed by atoms with Crippen LogP contribution in [0, 0.1) is 0 Å². The van der Waals surface area contributed by atoms with Crippen molar-refractivity contribution >= 4 is 12.2 Å². The number of hydrogen-bond acceptors (Lipinski definition) is 7. The van der Waals surface area contributed by atoms with Crippen LogP contribution in [0.5, 0.6) is 0 Å². The first-order valence-corrected chi connectivity index (χ1v) is 10.6. The van der Waals surface area contributed by atoms with E-state index in [9.17, 15) is 9.59 Å². The molecule has 3 atom stereocenters. The smallest absolute Gasteiger partial charge is 0.444 e. The number of carbonyl (C=O) groups excluding carboxylic acids is 2. The molecule has 1 heterocycles. The second-order valence-electron chi connectivity index (χ2n) is 8.06. The van der Waals surface area contributed by atoms with Crippen LogP contribution < -0.4 is 5.32 Å². The summed E-state index contributed by atoms with van der Waals surface area (Å²) in [6, 6.07) is 9.77. The van der Waals surface area contributed by atoms with E-state index in [-0.39, 0.29) is 6.61 Å². The average Bonchev–Trinajstić information content (AvgIpc) is 2.70. The summed E-state index contributed by atoms with van der Waals surface area (Å²) < 4.78 is 27.3. The van der Waals surface area contributed by atoms with Crippen molar-refractivity contribution in [1.82, 2.24) is 5.32 Å². The first-order chi connectivity index (χ1) is 14.8. The lowest BCUT2D eigenvalue weighted by molar-refractivity contribution is -0.180. The van der Waals surface area contributed by atoms with Crippen molar-refractivity contribution in [3.63, 3.8) is 0 Å². The Bertz CT molecular complexity index is 714. The summed E-state index contributed by atoms with van der Waals surface area (Å²) in [4.78, 5) is 23.5. The Labute approximate surface area is 183 Å². The molecule has 0 spiro atoms. The molecule has 0 saturated heterocycles. The number of hydrogen-bond donors (Lipinski definition) is 1. The predicted octanol–water partition coefficient (Wildman–Crippen LogP) is 4.33. The fourth-order valence-corrected chi connectivity index (χ4v) is 2.89. The van der Waals surface area contributed by atoms with E-state index in [1.165, 1.54) is 0 Å². The van der Waals surface area contributed by atoms with Gasteiger partial charge < -0.3 is 29.0 Å². The Morgan fingerprint density at radius 2 is 1.87 bits per heavy atom. The van der Waals surface area contributed by atoms with Gasteiger partial charge in [-0.15, -0.1) is 0 Å². The number of benzene rings is 1. The van der Waals surface area contributed by atoms with E-state index >= 15 is 0 Å². The zero-order chi connectivity index (χ0) is 22.7. The lowest BCUT2D eigenvalue weighted by Gasteiger charge is -2.31. The van der Waals surface area contributed by atoms with Crippen LogP contribution in [0.25, 0.3) is 0 Å². The van der Waals surface area contributed by atoms with E-state index in [0.29, 0.717) is 26.0 Å². The van der Waals surface area contributed by atoms with Gasteiger partial charge in [0.25, 0.3) is 0 Å². The second kappa shape index (κ2) is 12.3. The van der Waals surface area contributed by atoms with Crippen LogP contribution in [0.15, 0.2) is 42.5 Å². The first kappa shape index (κ1) is 24.7. The van der Waals surface area contributed by atoms with Gasteiger partial charge >= 0.3 is 12.2 Å². The molecule has 0 fully saturated rings. The highest BCUT2D eigenvalue weighted by molar-refractivity contribution is 5.67. The van der Waals surface area contributed by atoms with Crippen LogP contribution in [0.4, 0.5) is 9.59 Å². The Morgan fingerprint density at radius 3 is 2.55 bits per heavy atom. The minimum atomic E-state index is -0.749. The number of ether oxygens (including phenoxy) is 5. The van der Waals surface area contributed by atoms with E-state index in [2.05, 4.69) is 5.32 Å². The predicted molar refractivity (Wildman–Crippen MR) is 114 cm³/mol. The molecule has 1 aliphatic heterocycles. The summed E-state index contributed by atoms with van der Waals surface area (Å²) in [5, 5.41) is 2.71. The minimum Gasteiger partial charge on any atom is -0.444 e. The highest BCUT2D eigenvalue weighted by Gasteiger charge is 2.31. The van der Waals surface area contributed by atoms with Crippen LogP contribution in [0.2, 0.25) is 0 Å². The molecule has 1 aromatic rings. The van der Waals surface area contributed by atoms with Crippen molar-refractivity contribution in [2.45, 2.75) is 71.2 Å². The molecule has 0 bridgehead atoms. The van der Waals surface area contributed by atoms with E-state index < -0.39 is 36.3 Å². The lowest BCUT2D eigenvalue weighted by Crippen LogP contribution is -2.40. The summed E-state index contributed by atoms with van der Waals surface area (Å²) in [6.45, 7) is 8.16. The molecule has 0 unspecified atom stereocenters. The van der Waals surface area contributed by atoms with Crippen molar-refractivity contribution in [3.05, 3.63) is 48.0 Å². The summed E-state index contributed by atoms with van der Waals surface area (Å²) in [7, 11) is 0. The maximum absolute atomic E-state index is 11.8. The normalized spacial score (nSPS) is 20.7. The Kier molecular flexibility index (Phi) is 9.81. The van der Waals surface area contributed by atoms with Gasteiger partial charge in [-0.25, -0.2) is 9.59 Å². The molecule has 0 aromatic heterocycles. The molecule has 1 N–H and O–H groups in total. The van der Waals surface area contributed by atoms with E-state index in [1.807, 2.05) is 51.1 Å². The third kappa shape index (κ3) is 9.85. The standard InChI is InChI=1S/C23H33NO7/c1-5-27-22(26)30-19-13-14-20(28-16-17-10-7-6-8-11-17)29-18(19)12-9-15-24-21(25)31-23(2,3)4/h6-8,10-11,13-14,18-20H,5,9,12,15-16H2,1-4H3,(H,24,25)/t18-,19+,20+/m1/s1. The lowest BCUT2D eigenvalue weighted by atomic mass is 10.1. The van der Waals surface area contributed by atoms with Crippen LogP contribution >= 0.6 is 0 Å². The van der Waals surface area contributed by atoms with Gasteiger partial charge in [0.05, 0.1) is 13.2 Å². The Balaban J connectivity index is 1.87. The summed E-state index contributed by atoms with van der Waals surface area (Å²) in [5.41, 5.74) is 0.478. The summed E-state index contributed by atoms with van der Waals surface area (Å²) in [5.74, 6) is 0. The summed E-state index contributed by atoms with van der Waals surface area (Å²) in [6.07, 6.45) is 1.80. The van der Waals surface area contributed by atoms with Crippen molar-refractivity contribution in [3.8, 4) is 0 Å². The van der Waals surface area contributed by atoms with Gasteiger partial charge in [0.15, 0.2) is 6.29 Å². The molecule has 8 nitrogen and oxygen atoms in total. The highest BCUT2D eigenvalue weighted by atomic mass is 16.7. The molecule has 31 heavy (non-hydrogen) atoms. The van der Waals surface area contributed by atoms with Gasteiger partial charge in [-0.2, -0.15) is 0 Å². The third-order valence-corrected chi connectivity index (χ3v) is 4.22. The van der Waals surface area contributed by atoms with Crippen molar-refractivity contribution in [1.29, 1.82) is 0 Å². The second-order valence-corrected chi connectivity index (χ2v) is 8.06. The molecule has 0 aliphatic carbocycles. The van der Waals surface area contributed by atoms with Crippen LogP contribution in [0.3, 0.4) is 0 Å². The number of carbonyl (C=O) groups is 2. The van der Waals surface area contributed by atoms with Gasteiger partial charge in [0.2, 0.25) is 0 Å². The molecule has 0 radical (unpaired) electrons. The number of amides is 1. The van der Waals surface area contributed by atoms with E-state index in [4.69, 9.17) is 23.7 Å². The van der Waals surface area contributed by atoms with Crippen LogP contribution in [0.1, 0.15) is 46.1 Å². The maximum Gasteiger partial charge on any atom is 0.508 e. The van der Waals surface area contributed by atoms with Gasteiger partial charge in [-0.1, -0.05) is 30.3 Å². The summed E-state index contributed by atoms with van der Waals surface area (Å²) >= 11 is 0. The van der Waals surface area contributed by atoms with E-state index in [1.54, 1.807) is 19.1 Å². The SMILES string of the molecule is CCOC(=O)O[C@H]1C=C[C@@H](OCc2ccccc2)O[C@@H]1CCCNC(=O)OC(C)(C)C. The number of alkyl carbamates (subject to hydrolysis) is 1. The monoisotopic (exact) mass is 435 g/mol. The van der Waals surface area contributed by atoms with Crippen LogP contribution in [-0.2, 0) is 30.3 Å². The van der Waals surface area contributed by atoms with Gasteiger partial charge in [-0.3, -0.25) is 0 Å². The minimum absolute atomic E-state index is 0.226. The molecule has 1 amide bonds. The zero-order valence-electron chi connectivity index (χ0n) is 18.7. The fraction of sp³-hybridized carbons (Fsp3) is 0.565. The average molecular weight is 436 g/mol. The molecular weight excluding hydrogens is 402 g/mol. The molecular formula is C23H33NO7.